The van der Waals surface area contributed by atoms with Gasteiger partial charge in [-0.25, -0.2) is 17.8 Å². The fourth-order valence-corrected chi connectivity index (χ4v) is 12.0. The van der Waals surface area contributed by atoms with E-state index in [-0.39, 0.29) is 65.0 Å². The summed E-state index contributed by atoms with van der Waals surface area (Å²) in [7, 11) is -3.34. The molecule has 5 amide bonds. The van der Waals surface area contributed by atoms with Gasteiger partial charge >= 0.3 is 5.76 Å². The number of hydrogen-bond acceptors (Lipinski definition) is 13. The molecule has 0 spiro atoms. The third-order valence-electron chi connectivity index (χ3n) is 15.4. The quantitative estimate of drug-likeness (QED) is 0.106. The van der Waals surface area contributed by atoms with Crippen molar-refractivity contribution in [2.45, 2.75) is 75.8 Å². The number of halogens is 3. The normalized spacial score (nSPS) is 21.0. The van der Waals surface area contributed by atoms with Crippen molar-refractivity contribution in [3.8, 4) is 28.1 Å². The number of aryl methyl sites for hydroxylation is 1. The van der Waals surface area contributed by atoms with E-state index in [0.717, 1.165) is 29.7 Å². The van der Waals surface area contributed by atoms with Gasteiger partial charge in [0.15, 0.2) is 0 Å². The Bertz CT molecular complexity index is 3430. The summed E-state index contributed by atoms with van der Waals surface area (Å²) in [4.78, 5) is 75.1. The van der Waals surface area contributed by atoms with Crippen molar-refractivity contribution in [1.82, 2.24) is 39.7 Å². The largest absolute Gasteiger partial charge is 0.484 e. The first-order chi connectivity index (χ1) is 35.9. The van der Waals surface area contributed by atoms with Crippen molar-refractivity contribution < 1.29 is 50.3 Å². The number of sulfonamides is 1. The number of benzene rings is 3. The summed E-state index contributed by atoms with van der Waals surface area (Å²) in [6.07, 6.45) is 8.58. The minimum Gasteiger partial charge on any atom is -0.484 e. The van der Waals surface area contributed by atoms with Crippen LogP contribution < -0.4 is 25.4 Å². The van der Waals surface area contributed by atoms with Gasteiger partial charge in [-0.05, 0) is 99.2 Å². The Kier molecular flexibility index (Phi) is 12.6. The topological polar surface area (TPSA) is 237 Å². The molecule has 4 atom stereocenters. The molecule has 23 heteroatoms. The van der Waals surface area contributed by atoms with E-state index in [1.807, 2.05) is 26.6 Å². The highest BCUT2D eigenvalue weighted by molar-refractivity contribution is 7.93. The minimum absolute atomic E-state index is 0.0240. The minimum atomic E-state index is -5.08. The maximum atomic E-state index is 13.9. The molecular formula is C52H52F3N11O8S. The standard InChI is InChI=1S/C52H52F3N11O8S/c1-27(28-6-9-32(53)10-7-28)74-41-22-30(8-11-38(41)61-75(72,73)52(54)55)45-44-46(62(2)60-45)37(25-57-47(44)56)31-24-58-65(26-31)33-16-20-64(21-17-33)49(69)36-23-35(36)29-14-18-63(19-15-29)39-5-3-4-34-43(39)51(71)66(50(34)70)40-12-13-42(67)59-48(40)68/h3-11,22,24-27,29,33,35-36,40,52,61H,12-21,23H2,1-2H3,(H2,56,57)(H,59,67,68)/t27-,35-,36+,40?/m0/s1. The first kappa shape index (κ1) is 49.4. The molecule has 3 aromatic carbocycles. The van der Waals surface area contributed by atoms with Crippen molar-refractivity contribution in [2.24, 2.45) is 24.8 Å². The Morgan fingerprint density at radius 3 is 2.37 bits per heavy atom. The monoisotopic (exact) mass is 1050 g/mol. The molecule has 4 aliphatic heterocycles. The summed E-state index contributed by atoms with van der Waals surface area (Å²) in [5.74, 6) is -5.49. The van der Waals surface area contributed by atoms with E-state index in [2.05, 4.69) is 15.2 Å². The number of ether oxygens (including phenoxy) is 1. The van der Waals surface area contributed by atoms with Crippen molar-refractivity contribution in [3.63, 3.8) is 0 Å². The molecule has 390 valence electrons. The van der Waals surface area contributed by atoms with Crippen LogP contribution in [-0.2, 0) is 31.5 Å². The van der Waals surface area contributed by atoms with Crippen molar-refractivity contribution in [1.29, 1.82) is 0 Å². The third kappa shape index (κ3) is 9.09. The van der Waals surface area contributed by atoms with Gasteiger partial charge in [0.2, 0.25) is 17.7 Å². The first-order valence-corrected chi connectivity index (χ1v) is 26.4. The second kappa shape index (κ2) is 19.1. The van der Waals surface area contributed by atoms with Crippen LogP contribution in [0, 0.1) is 23.6 Å². The van der Waals surface area contributed by atoms with Crippen molar-refractivity contribution in [2.75, 3.05) is 41.5 Å². The summed E-state index contributed by atoms with van der Waals surface area (Å²) in [6, 6.07) is 13.9. The van der Waals surface area contributed by atoms with Crippen LogP contribution in [0.15, 0.2) is 79.3 Å². The Morgan fingerprint density at radius 2 is 1.65 bits per heavy atom. The first-order valence-electron chi connectivity index (χ1n) is 24.9. The Balaban J connectivity index is 0.732. The predicted molar refractivity (Wildman–Crippen MR) is 268 cm³/mol. The SMILES string of the molecule is C[C@H](Oc1cc(-c2nn(C)c3c(-c4cnn(C5CCN(C(=O)[C@@H]6C[C@H]6C6CCN(c7cccc8c7C(=O)N(C7CCC(=O)NC7=O)C8=O)CC6)CC5)c4)cnc(N)c23)ccc1NS(=O)(=O)C(F)F)c1ccc(F)cc1. The van der Waals surface area contributed by atoms with E-state index in [4.69, 9.17) is 20.7 Å². The van der Waals surface area contributed by atoms with E-state index < -0.39 is 57.4 Å². The number of carbonyl (C=O) groups excluding carboxylic acids is 5. The number of rotatable bonds is 13. The highest BCUT2D eigenvalue weighted by Gasteiger charge is 2.51. The molecule has 75 heavy (non-hydrogen) atoms. The van der Waals surface area contributed by atoms with Crippen LogP contribution in [0.2, 0.25) is 0 Å². The molecule has 4 fully saturated rings. The lowest BCUT2D eigenvalue weighted by atomic mass is 9.90. The van der Waals surface area contributed by atoms with E-state index in [1.165, 1.54) is 42.5 Å². The lowest BCUT2D eigenvalue weighted by Crippen LogP contribution is -2.54. The van der Waals surface area contributed by atoms with Crippen LogP contribution in [0.25, 0.3) is 33.3 Å². The molecule has 1 saturated carbocycles. The fourth-order valence-electron chi connectivity index (χ4n) is 11.4. The van der Waals surface area contributed by atoms with Gasteiger partial charge < -0.3 is 20.3 Å². The van der Waals surface area contributed by atoms with Gasteiger partial charge in [-0.2, -0.15) is 19.0 Å². The molecule has 1 unspecified atom stereocenters. The highest BCUT2D eigenvalue weighted by atomic mass is 32.2. The smallest absolute Gasteiger partial charge is 0.355 e. The van der Waals surface area contributed by atoms with E-state index in [9.17, 15) is 45.6 Å². The average molecular weight is 1050 g/mol. The second-order valence-corrected chi connectivity index (χ2v) is 21.6. The molecule has 7 heterocycles. The van der Waals surface area contributed by atoms with Crippen LogP contribution in [-0.4, -0.2) is 110 Å². The van der Waals surface area contributed by atoms with Gasteiger partial charge in [0.1, 0.15) is 35.2 Å². The maximum Gasteiger partial charge on any atom is 0.355 e. The molecule has 0 bridgehead atoms. The summed E-state index contributed by atoms with van der Waals surface area (Å²) in [5.41, 5.74) is 10.9. The number of anilines is 3. The van der Waals surface area contributed by atoms with Gasteiger partial charge in [0.25, 0.3) is 21.8 Å². The van der Waals surface area contributed by atoms with Crippen molar-refractivity contribution >= 4 is 67.7 Å². The summed E-state index contributed by atoms with van der Waals surface area (Å²) < 4.78 is 76.9. The predicted octanol–water partition coefficient (Wildman–Crippen LogP) is 6.44. The summed E-state index contributed by atoms with van der Waals surface area (Å²) in [5, 5.41) is 12.3. The Morgan fingerprint density at radius 1 is 0.907 bits per heavy atom. The zero-order chi connectivity index (χ0) is 52.6. The number of piperidine rings is 3. The third-order valence-corrected chi connectivity index (χ3v) is 16.4. The molecule has 11 rings (SSSR count). The second-order valence-electron chi connectivity index (χ2n) is 19.9. The summed E-state index contributed by atoms with van der Waals surface area (Å²) >= 11 is 0. The number of likely N-dealkylation sites (tertiary alicyclic amines) is 1. The maximum absolute atomic E-state index is 13.9. The Hall–Kier alpha value is -7.82. The van der Waals surface area contributed by atoms with Gasteiger partial charge in [-0.15, -0.1) is 0 Å². The zero-order valence-electron chi connectivity index (χ0n) is 40.8. The molecule has 4 N–H and O–H groups in total. The number of amides is 5. The van der Waals surface area contributed by atoms with Crippen LogP contribution in [0.3, 0.4) is 0 Å². The number of hydrogen-bond donors (Lipinski definition) is 3. The number of carbonyl (C=O) groups is 5. The number of nitrogens with zero attached hydrogens (tertiary/aromatic N) is 8. The lowest BCUT2D eigenvalue weighted by molar-refractivity contribution is -0.136. The van der Waals surface area contributed by atoms with Crippen LogP contribution in [0.5, 0.6) is 5.75 Å². The molecule has 1 aliphatic carbocycles. The van der Waals surface area contributed by atoms with Crippen LogP contribution in [0.4, 0.5) is 30.4 Å². The van der Waals surface area contributed by atoms with Crippen LogP contribution in [0.1, 0.15) is 90.3 Å². The highest BCUT2D eigenvalue weighted by Crippen LogP contribution is 2.50. The average Bonchev–Trinajstić information content (AvgIpc) is 3.82. The molecule has 19 nitrogen and oxygen atoms in total. The van der Waals surface area contributed by atoms with Gasteiger partial charge in [0, 0.05) is 74.6 Å². The molecular weight excluding hydrogens is 996 g/mol. The van der Waals surface area contributed by atoms with Gasteiger partial charge in [0.05, 0.1) is 45.6 Å². The fraction of sp³-hybridized carbons (Fsp3) is 0.385. The number of imide groups is 2. The number of pyridine rings is 1. The number of alkyl halides is 2. The number of fused-ring (bicyclic) bond motifs is 2. The number of nitrogen functional groups attached to an aromatic ring is 1. The van der Waals surface area contributed by atoms with E-state index in [0.29, 0.717) is 83.9 Å². The summed E-state index contributed by atoms with van der Waals surface area (Å²) in [6.45, 7) is 4.12. The van der Waals surface area contributed by atoms with Crippen molar-refractivity contribution in [3.05, 3.63) is 102 Å². The Labute approximate surface area is 428 Å². The molecule has 3 aromatic heterocycles. The lowest BCUT2D eigenvalue weighted by Gasteiger charge is -2.35. The van der Waals surface area contributed by atoms with Gasteiger partial charge in [-0.3, -0.25) is 48.3 Å². The van der Waals surface area contributed by atoms with Crippen LogP contribution >= 0.6 is 0 Å². The molecule has 5 aliphatic rings. The number of nitrogens with two attached hydrogens (primary N) is 1. The molecule has 3 saturated heterocycles. The van der Waals surface area contributed by atoms with Gasteiger partial charge in [-0.1, -0.05) is 24.3 Å². The molecule has 0 radical (unpaired) electrons. The number of aromatic nitrogens is 5. The molecule has 6 aromatic rings. The number of nitrogens with one attached hydrogen (secondary N) is 2. The van der Waals surface area contributed by atoms with E-state index in [1.54, 1.807) is 43.2 Å². The zero-order valence-corrected chi connectivity index (χ0v) is 41.6. The van der Waals surface area contributed by atoms with E-state index >= 15 is 0 Å².